The van der Waals surface area contributed by atoms with Crippen molar-refractivity contribution < 1.29 is 37.5 Å². The number of allylic oxidation sites excluding steroid dienone is 2. The van der Waals surface area contributed by atoms with Gasteiger partial charge >= 0.3 is 6.18 Å². The lowest BCUT2D eigenvalue weighted by Gasteiger charge is -2.49. The first-order valence-corrected chi connectivity index (χ1v) is 21.4. The van der Waals surface area contributed by atoms with E-state index >= 15 is 9.59 Å². The molecule has 10 rings (SSSR count). The second-order valence-corrected chi connectivity index (χ2v) is 18.5. The van der Waals surface area contributed by atoms with Crippen LogP contribution in [0.1, 0.15) is 42.5 Å². The van der Waals surface area contributed by atoms with Gasteiger partial charge in [-0.25, -0.2) is 9.88 Å². The Balaban J connectivity index is 1.09. The average Bonchev–Trinajstić information content (AvgIpc) is 3.91. The van der Waals surface area contributed by atoms with E-state index in [1.807, 2.05) is 43.3 Å². The van der Waals surface area contributed by atoms with Crippen LogP contribution in [0.4, 0.5) is 24.8 Å². The molecule has 4 amide bonds. The molecule has 3 aromatic carbocycles. The van der Waals surface area contributed by atoms with Gasteiger partial charge in [-0.15, -0.1) is 11.3 Å². The van der Waals surface area contributed by atoms with E-state index in [2.05, 4.69) is 4.98 Å². The van der Waals surface area contributed by atoms with Crippen molar-refractivity contribution in [1.82, 2.24) is 19.8 Å². The first-order valence-electron chi connectivity index (χ1n) is 19.8. The molecule has 2 aliphatic heterocycles. The molecule has 0 unspecified atom stereocenters. The number of aromatic nitrogens is 3. The van der Waals surface area contributed by atoms with Crippen LogP contribution in [0, 0.1) is 36.0 Å². The number of carbonyl (C=O) groups is 4. The summed E-state index contributed by atoms with van der Waals surface area (Å²) in [7, 11) is 2.92. The monoisotopic (exact) mass is 898 g/mol. The first-order chi connectivity index (χ1) is 29.4. The van der Waals surface area contributed by atoms with E-state index < -0.39 is 76.3 Å². The lowest BCUT2D eigenvalue weighted by Crippen LogP contribution is -2.49. The summed E-state index contributed by atoms with van der Waals surface area (Å²) >= 11 is 14.2. The molecule has 1 N–H and O–H groups in total. The number of hydrogen-bond acceptors (Lipinski definition) is 9. The highest BCUT2D eigenvalue weighted by atomic mass is 35.5. The molecule has 1 saturated carbocycles. The highest BCUT2D eigenvalue weighted by Gasteiger charge is 2.68. The van der Waals surface area contributed by atoms with Crippen LogP contribution in [0.3, 0.4) is 0 Å². The van der Waals surface area contributed by atoms with Crippen molar-refractivity contribution in [2.45, 2.75) is 38.8 Å². The van der Waals surface area contributed by atoms with E-state index in [1.54, 1.807) is 44.3 Å². The van der Waals surface area contributed by atoms with Gasteiger partial charge in [0.15, 0.2) is 5.82 Å². The van der Waals surface area contributed by atoms with Gasteiger partial charge in [0.1, 0.15) is 23.0 Å². The molecule has 6 aromatic rings. The molecule has 0 bridgehead atoms. The number of pyridine rings is 1. The van der Waals surface area contributed by atoms with Gasteiger partial charge in [-0.1, -0.05) is 65.2 Å². The third-order valence-electron chi connectivity index (χ3n) is 13.4. The van der Waals surface area contributed by atoms with Crippen LogP contribution in [-0.4, -0.2) is 55.6 Å². The van der Waals surface area contributed by atoms with Crippen molar-refractivity contribution in [3.8, 4) is 16.3 Å². The number of hydrazine groups is 1. The third-order valence-corrected chi connectivity index (χ3v) is 15.3. The van der Waals surface area contributed by atoms with Gasteiger partial charge in [-0.2, -0.15) is 23.3 Å². The van der Waals surface area contributed by atoms with Gasteiger partial charge in [0, 0.05) is 41.2 Å². The number of alkyl halides is 3. The second-order valence-electron chi connectivity index (χ2n) is 16.6. The second kappa shape index (κ2) is 13.9. The smallest absolute Gasteiger partial charge is 0.433 e. The average molecular weight is 900 g/mol. The Morgan fingerprint density at radius 3 is 2.40 bits per heavy atom. The van der Waals surface area contributed by atoms with Crippen molar-refractivity contribution in [3.63, 3.8) is 0 Å². The van der Waals surface area contributed by atoms with E-state index in [9.17, 15) is 27.9 Å². The number of phenols is 1. The van der Waals surface area contributed by atoms with Crippen LogP contribution in [0.2, 0.25) is 10.0 Å². The number of nitrogens with zero attached hydrogens (tertiary/aromatic N) is 6. The number of aryl methyl sites for hydroxylation is 2. The number of halogens is 5. The number of fused-ring (bicyclic) bond motifs is 6. The van der Waals surface area contributed by atoms with Crippen LogP contribution in [0.15, 0.2) is 84.4 Å². The van der Waals surface area contributed by atoms with Crippen molar-refractivity contribution in [3.05, 3.63) is 111 Å². The number of imide groups is 2. The summed E-state index contributed by atoms with van der Waals surface area (Å²) in [5, 5.41) is 20.0. The number of anilines is 2. The number of thiophene rings is 1. The molecule has 17 heteroatoms. The highest BCUT2D eigenvalue weighted by Crippen LogP contribution is 2.64. The highest BCUT2D eigenvalue weighted by molar-refractivity contribution is 7.22. The van der Waals surface area contributed by atoms with Crippen LogP contribution < -0.4 is 9.91 Å². The minimum atomic E-state index is -4.82. The maximum absolute atomic E-state index is 15.4. The van der Waals surface area contributed by atoms with Crippen molar-refractivity contribution in [2.24, 2.45) is 36.1 Å². The van der Waals surface area contributed by atoms with Crippen LogP contribution in [0.5, 0.6) is 5.75 Å². The van der Waals surface area contributed by atoms with Crippen molar-refractivity contribution in [2.75, 3.05) is 17.0 Å². The molecule has 2 aliphatic carbocycles. The summed E-state index contributed by atoms with van der Waals surface area (Å²) in [6.45, 7) is 3.74. The topological polar surface area (TPSA) is 129 Å². The van der Waals surface area contributed by atoms with Crippen LogP contribution in [0.25, 0.3) is 31.4 Å². The van der Waals surface area contributed by atoms with E-state index in [0.29, 0.717) is 38.7 Å². The molecule has 0 spiro atoms. The van der Waals surface area contributed by atoms with E-state index in [4.69, 9.17) is 28.3 Å². The Kier molecular flexibility index (Phi) is 9.02. The van der Waals surface area contributed by atoms with Gasteiger partial charge in [-0.05, 0) is 90.9 Å². The van der Waals surface area contributed by atoms with E-state index in [1.165, 1.54) is 28.0 Å². The largest absolute Gasteiger partial charge is 0.507 e. The number of phenolic OH excluding ortho intramolecular Hbond substituents is 1. The fourth-order valence-corrected chi connectivity index (χ4v) is 12.1. The molecule has 2 saturated heterocycles. The summed E-state index contributed by atoms with van der Waals surface area (Å²) in [6, 6.07) is 19.6. The molecular formula is C45H35Cl2F3N6O5S. The summed E-state index contributed by atoms with van der Waals surface area (Å²) in [6.07, 6.45) is -2.84. The number of carbonyl (C=O) groups excluding carboxylic acids is 4. The lowest BCUT2D eigenvalue weighted by molar-refractivity contribution is -0.141. The molecule has 62 heavy (non-hydrogen) atoms. The maximum atomic E-state index is 15.4. The van der Waals surface area contributed by atoms with Crippen LogP contribution >= 0.6 is 34.5 Å². The molecular weight excluding hydrogens is 864 g/mol. The number of aromatic hydroxyl groups is 1. The van der Waals surface area contributed by atoms with E-state index in [-0.39, 0.29) is 29.4 Å². The van der Waals surface area contributed by atoms with Gasteiger partial charge in [-0.3, -0.25) is 28.9 Å². The SMILES string of the molecule is Cc1c(-c2cc(N3C(=O)[C@@H]4C[C@@H]5C(=CC[C@@H]6C(=O)N(N(C)c7nc(C(F)(F)F)ccc7Cl)C(=O)[C@@H]65)[C@H](c5ccc(O)c6ccccc56)[C@]4(C)C3=O)n(C)n2)sc2ccc(Cl)cc12. The van der Waals surface area contributed by atoms with Crippen molar-refractivity contribution in [1.29, 1.82) is 0 Å². The lowest BCUT2D eigenvalue weighted by atomic mass is 9.51. The zero-order chi connectivity index (χ0) is 43.9. The predicted molar refractivity (Wildman–Crippen MR) is 229 cm³/mol. The minimum absolute atomic E-state index is 0.0184. The Bertz CT molecular complexity index is 3020. The molecule has 4 aliphatic rings. The Morgan fingerprint density at radius 1 is 0.919 bits per heavy atom. The molecule has 6 atom stereocenters. The number of hydrogen-bond donors (Lipinski definition) is 1. The number of benzene rings is 3. The van der Waals surface area contributed by atoms with Gasteiger partial charge in [0.05, 0.1) is 33.1 Å². The predicted octanol–water partition coefficient (Wildman–Crippen LogP) is 9.47. The molecule has 3 aromatic heterocycles. The van der Waals surface area contributed by atoms with Gasteiger partial charge in [0.2, 0.25) is 11.8 Å². The Labute approximate surface area is 365 Å². The van der Waals surface area contributed by atoms with Gasteiger partial charge < -0.3 is 5.11 Å². The normalized spacial score (nSPS) is 24.9. The Morgan fingerprint density at radius 2 is 1.66 bits per heavy atom. The van der Waals surface area contributed by atoms with Crippen molar-refractivity contribution >= 4 is 90.7 Å². The molecule has 5 heterocycles. The molecule has 3 fully saturated rings. The molecule has 316 valence electrons. The van der Waals surface area contributed by atoms with Gasteiger partial charge in [0.25, 0.3) is 11.8 Å². The molecule has 11 nitrogen and oxygen atoms in total. The van der Waals surface area contributed by atoms with E-state index in [0.717, 1.165) is 36.6 Å². The zero-order valence-corrected chi connectivity index (χ0v) is 35.7. The number of rotatable bonds is 5. The summed E-state index contributed by atoms with van der Waals surface area (Å²) in [5.41, 5.74) is 0.182. The zero-order valence-electron chi connectivity index (χ0n) is 33.4. The Hall–Kier alpha value is -5.77. The van der Waals surface area contributed by atoms with Crippen LogP contribution in [-0.2, 0) is 32.4 Å². The maximum Gasteiger partial charge on any atom is 0.433 e. The standard InChI is InChI=1S/C45H35Cl2F3N6O5S/c1-20-27-17-21(46)9-15-33(27)62-38(20)31-19-35(53(3)52-31)55-41(59)29-18-28-25(37(44(29,2)43(55)61)24-12-14-32(57)23-8-6-5-7-22(23)24)10-11-26-36(28)42(60)56(40(26)58)54(4)39-30(47)13-16-34(51-39)45(48,49)50/h5-10,12-17,19,26,28-29,36-37,57H,11,18H2,1-4H3/t26-,28+,29-,36-,37-,44+/m0/s1. The molecule has 0 radical (unpaired) electrons. The summed E-state index contributed by atoms with van der Waals surface area (Å²) < 4.78 is 43.8. The minimum Gasteiger partial charge on any atom is -0.507 e. The third kappa shape index (κ3) is 5.63. The quantitative estimate of drug-likeness (QED) is 0.134. The fraction of sp³-hybridized carbons (Fsp3) is 0.289. The summed E-state index contributed by atoms with van der Waals surface area (Å²) in [5.74, 6) is -6.95. The first kappa shape index (κ1) is 40.3. The fourth-order valence-electron chi connectivity index (χ4n) is 10.5. The number of amides is 4. The summed E-state index contributed by atoms with van der Waals surface area (Å²) in [4.78, 5) is 65.2.